The summed E-state index contributed by atoms with van der Waals surface area (Å²) in [7, 11) is -3.01. The van der Waals surface area contributed by atoms with E-state index in [0.29, 0.717) is 18.0 Å². The fourth-order valence-electron chi connectivity index (χ4n) is 2.96. The highest BCUT2D eigenvalue weighted by molar-refractivity contribution is 7.91. The van der Waals surface area contributed by atoms with Gasteiger partial charge in [-0.1, -0.05) is 23.5 Å². The zero-order chi connectivity index (χ0) is 18.0. The Morgan fingerprint density at radius 3 is 2.72 bits per heavy atom. The molecule has 2 amide bonds. The Bertz CT molecular complexity index is 816. The minimum Gasteiger partial charge on any atom is -0.392 e. The number of hydrogen-bond donors (Lipinski definition) is 2. The van der Waals surface area contributed by atoms with Gasteiger partial charge in [0, 0.05) is 12.6 Å². The van der Waals surface area contributed by atoms with Crippen LogP contribution in [0.4, 0.5) is 9.93 Å². The van der Waals surface area contributed by atoms with Gasteiger partial charge >= 0.3 is 6.03 Å². The fourth-order valence-corrected chi connectivity index (χ4v) is 5.28. The molecule has 2 heterocycles. The van der Waals surface area contributed by atoms with Gasteiger partial charge in [-0.15, -0.1) is 0 Å². The number of benzene rings is 1. The second-order valence-corrected chi connectivity index (χ2v) is 9.64. The van der Waals surface area contributed by atoms with Gasteiger partial charge < -0.3 is 10.0 Å². The van der Waals surface area contributed by atoms with Crippen molar-refractivity contribution in [3.63, 3.8) is 0 Å². The zero-order valence-electron chi connectivity index (χ0n) is 13.9. The molecule has 1 aromatic carbocycles. The van der Waals surface area contributed by atoms with E-state index < -0.39 is 15.9 Å². The van der Waals surface area contributed by atoms with Crippen LogP contribution in [-0.4, -0.2) is 59.6 Å². The average Bonchev–Trinajstić information content (AvgIpc) is 2.95. The quantitative estimate of drug-likeness (QED) is 0.842. The topological polar surface area (TPSA) is 99.6 Å². The van der Waals surface area contributed by atoms with Gasteiger partial charge in [-0.05, 0) is 31.9 Å². The molecular weight excluding hydrogens is 362 g/mol. The third kappa shape index (κ3) is 4.47. The van der Waals surface area contributed by atoms with E-state index in [4.69, 9.17) is 0 Å². The Morgan fingerprint density at radius 2 is 2.08 bits per heavy atom. The number of carbonyl (C=O) groups excluding carboxylic acids is 1. The summed E-state index contributed by atoms with van der Waals surface area (Å²) < 4.78 is 24.2. The van der Waals surface area contributed by atoms with E-state index in [0.717, 1.165) is 10.2 Å². The van der Waals surface area contributed by atoms with Gasteiger partial charge in [0.2, 0.25) is 0 Å². The molecule has 0 unspecified atom stereocenters. The maximum atomic E-state index is 12.7. The number of carbonyl (C=O) groups is 1. The van der Waals surface area contributed by atoms with Crippen LogP contribution < -0.4 is 5.32 Å². The van der Waals surface area contributed by atoms with Gasteiger partial charge in [-0.25, -0.2) is 18.2 Å². The molecule has 3 rings (SSSR count). The standard InChI is InChI=1S/C16H21N3O4S2/c1-11(20)10-19(12-6-8-25(22,23)9-7-12)16(21)18-15-17-13-4-2-3-5-14(13)24-15/h2-5,11-12,20H,6-10H2,1H3,(H,17,18,21)/t11-/m1/s1. The number of aromatic nitrogens is 1. The Hall–Kier alpha value is -1.71. The Kier molecular flexibility index (Phi) is 5.26. The number of hydrogen-bond acceptors (Lipinski definition) is 6. The molecule has 0 saturated carbocycles. The predicted octanol–water partition coefficient (Wildman–Crippen LogP) is 2.09. The molecule has 0 spiro atoms. The minimum atomic E-state index is -3.01. The lowest BCUT2D eigenvalue weighted by Crippen LogP contribution is -2.49. The Labute approximate surface area is 150 Å². The van der Waals surface area contributed by atoms with E-state index in [1.165, 1.54) is 16.2 Å². The van der Waals surface area contributed by atoms with Crippen molar-refractivity contribution in [2.75, 3.05) is 23.4 Å². The summed E-state index contributed by atoms with van der Waals surface area (Å²) in [6, 6.07) is 7.05. The van der Waals surface area contributed by atoms with E-state index in [-0.39, 0.29) is 30.1 Å². The van der Waals surface area contributed by atoms with Crippen LogP contribution in [0.25, 0.3) is 10.2 Å². The zero-order valence-corrected chi connectivity index (χ0v) is 15.5. The van der Waals surface area contributed by atoms with Crippen molar-refractivity contribution >= 4 is 42.6 Å². The smallest absolute Gasteiger partial charge is 0.323 e. The first-order valence-corrected chi connectivity index (χ1v) is 10.8. The van der Waals surface area contributed by atoms with Crippen LogP contribution in [0, 0.1) is 0 Å². The highest BCUT2D eigenvalue weighted by atomic mass is 32.2. The van der Waals surface area contributed by atoms with E-state index in [2.05, 4.69) is 10.3 Å². The first kappa shape index (κ1) is 18.1. The van der Waals surface area contributed by atoms with Crippen LogP contribution in [0.5, 0.6) is 0 Å². The van der Waals surface area contributed by atoms with Crippen LogP contribution in [0.1, 0.15) is 19.8 Å². The van der Waals surface area contributed by atoms with Crippen molar-refractivity contribution in [1.29, 1.82) is 0 Å². The molecule has 2 aromatic rings. The van der Waals surface area contributed by atoms with Gasteiger partial charge in [0.1, 0.15) is 9.84 Å². The molecule has 0 aliphatic carbocycles. The van der Waals surface area contributed by atoms with Gasteiger partial charge in [0.15, 0.2) is 5.13 Å². The molecule has 0 radical (unpaired) electrons. The second-order valence-electron chi connectivity index (χ2n) is 6.30. The number of fused-ring (bicyclic) bond motifs is 1. The summed E-state index contributed by atoms with van der Waals surface area (Å²) >= 11 is 1.38. The second kappa shape index (κ2) is 7.27. The molecule has 25 heavy (non-hydrogen) atoms. The number of urea groups is 1. The Balaban J connectivity index is 1.74. The van der Waals surface area contributed by atoms with Gasteiger partial charge in [-0.2, -0.15) is 0 Å². The monoisotopic (exact) mass is 383 g/mol. The highest BCUT2D eigenvalue weighted by Crippen LogP contribution is 2.26. The minimum absolute atomic E-state index is 0.0718. The average molecular weight is 383 g/mol. The first-order valence-electron chi connectivity index (χ1n) is 8.16. The summed E-state index contributed by atoms with van der Waals surface area (Å²) in [6.07, 6.45) is 0.0876. The number of nitrogens with zero attached hydrogens (tertiary/aromatic N) is 2. The van der Waals surface area contributed by atoms with Crippen LogP contribution in [0.2, 0.25) is 0 Å². The molecule has 136 valence electrons. The number of amides is 2. The summed E-state index contributed by atoms with van der Waals surface area (Å²) in [5, 5.41) is 13.0. The molecule has 1 atom stereocenters. The number of aliphatic hydroxyl groups is 1. The van der Waals surface area contributed by atoms with Gasteiger partial charge in [0.25, 0.3) is 0 Å². The largest absolute Gasteiger partial charge is 0.392 e. The van der Waals surface area contributed by atoms with Crippen LogP contribution in [-0.2, 0) is 9.84 Å². The third-order valence-electron chi connectivity index (χ3n) is 4.19. The molecule has 1 aromatic heterocycles. The number of nitrogens with one attached hydrogen (secondary N) is 1. The normalized spacial score (nSPS) is 18.8. The lowest BCUT2D eigenvalue weighted by atomic mass is 10.1. The summed E-state index contributed by atoms with van der Waals surface area (Å²) in [4.78, 5) is 18.6. The van der Waals surface area contributed by atoms with Crippen molar-refractivity contribution in [3.05, 3.63) is 24.3 Å². The molecular formula is C16H21N3O4S2. The Morgan fingerprint density at radius 1 is 1.40 bits per heavy atom. The van der Waals surface area contributed by atoms with E-state index in [1.807, 2.05) is 24.3 Å². The number of aliphatic hydroxyl groups excluding tert-OH is 1. The lowest BCUT2D eigenvalue weighted by Gasteiger charge is -2.34. The molecule has 2 N–H and O–H groups in total. The van der Waals surface area contributed by atoms with Crippen molar-refractivity contribution in [3.8, 4) is 0 Å². The molecule has 1 aliphatic heterocycles. The molecule has 1 aliphatic rings. The fraction of sp³-hybridized carbons (Fsp3) is 0.500. The van der Waals surface area contributed by atoms with E-state index in [9.17, 15) is 18.3 Å². The molecule has 1 fully saturated rings. The maximum Gasteiger partial charge on any atom is 0.323 e. The van der Waals surface area contributed by atoms with Crippen LogP contribution >= 0.6 is 11.3 Å². The first-order chi connectivity index (χ1) is 11.8. The lowest BCUT2D eigenvalue weighted by molar-refractivity contribution is 0.114. The van der Waals surface area contributed by atoms with Crippen molar-refractivity contribution in [2.24, 2.45) is 0 Å². The highest BCUT2D eigenvalue weighted by Gasteiger charge is 2.31. The molecule has 0 bridgehead atoms. The van der Waals surface area contributed by atoms with Crippen molar-refractivity contribution in [2.45, 2.75) is 31.9 Å². The van der Waals surface area contributed by atoms with Gasteiger partial charge in [0.05, 0.1) is 27.8 Å². The molecule has 7 nitrogen and oxygen atoms in total. The molecule has 9 heteroatoms. The van der Waals surface area contributed by atoms with Crippen LogP contribution in [0.15, 0.2) is 24.3 Å². The number of rotatable bonds is 4. The summed E-state index contributed by atoms with van der Waals surface area (Å²) in [5.74, 6) is 0.144. The van der Waals surface area contributed by atoms with Crippen LogP contribution in [0.3, 0.4) is 0 Å². The number of sulfone groups is 1. The summed E-state index contributed by atoms with van der Waals surface area (Å²) in [6.45, 7) is 1.76. The van der Waals surface area contributed by atoms with E-state index in [1.54, 1.807) is 6.92 Å². The maximum absolute atomic E-state index is 12.7. The number of thiazole rings is 1. The van der Waals surface area contributed by atoms with Gasteiger partial charge in [-0.3, -0.25) is 5.32 Å². The van der Waals surface area contributed by atoms with Crippen molar-refractivity contribution in [1.82, 2.24) is 9.88 Å². The number of anilines is 1. The van der Waals surface area contributed by atoms with Crippen molar-refractivity contribution < 1.29 is 18.3 Å². The SMILES string of the molecule is C[C@@H](O)CN(C(=O)Nc1nc2ccccc2s1)C1CCS(=O)(=O)CC1. The predicted molar refractivity (Wildman–Crippen MR) is 98.7 cm³/mol. The molecule has 1 saturated heterocycles. The third-order valence-corrected chi connectivity index (χ3v) is 6.86. The van der Waals surface area contributed by atoms with E-state index >= 15 is 0 Å². The number of para-hydroxylation sites is 1. The summed E-state index contributed by atoms with van der Waals surface area (Å²) in [5.41, 5.74) is 0.814.